The maximum absolute atomic E-state index is 13.0. The lowest BCUT2D eigenvalue weighted by atomic mass is 10.1. The van der Waals surface area contributed by atoms with Gasteiger partial charge in [0.2, 0.25) is 5.91 Å². The van der Waals surface area contributed by atoms with Crippen molar-refractivity contribution in [3.05, 3.63) is 29.6 Å². The van der Waals surface area contributed by atoms with Crippen molar-refractivity contribution in [3.63, 3.8) is 0 Å². The number of aryl methyl sites for hydroxylation is 1. The third-order valence-electron chi connectivity index (χ3n) is 2.47. The molecule has 0 radical (unpaired) electrons. The summed E-state index contributed by atoms with van der Waals surface area (Å²) in [4.78, 5) is 11.3. The van der Waals surface area contributed by atoms with Gasteiger partial charge in [0.1, 0.15) is 11.6 Å². The van der Waals surface area contributed by atoms with Crippen molar-refractivity contribution < 1.29 is 13.9 Å². The van der Waals surface area contributed by atoms with Gasteiger partial charge in [0, 0.05) is 13.5 Å². The van der Waals surface area contributed by atoms with E-state index in [4.69, 9.17) is 10.6 Å². The van der Waals surface area contributed by atoms with E-state index in [1.54, 1.807) is 6.07 Å². The molecule has 1 amide bonds. The van der Waals surface area contributed by atoms with Gasteiger partial charge in [-0.15, -0.1) is 0 Å². The van der Waals surface area contributed by atoms with Gasteiger partial charge in [-0.25, -0.2) is 10.2 Å². The van der Waals surface area contributed by atoms with E-state index in [-0.39, 0.29) is 11.7 Å². The number of nitrogens with zero attached hydrogens (tertiary/aromatic N) is 1. The van der Waals surface area contributed by atoms with E-state index in [1.807, 2.05) is 0 Å². The Balaban J connectivity index is 2.56. The second-order valence-electron chi connectivity index (χ2n) is 3.81. The average molecular weight is 240 g/mol. The summed E-state index contributed by atoms with van der Waals surface area (Å²) >= 11 is 0. The number of benzene rings is 1. The van der Waals surface area contributed by atoms with Crippen molar-refractivity contribution in [2.75, 3.05) is 14.2 Å². The zero-order valence-electron chi connectivity index (χ0n) is 10.1. The first-order chi connectivity index (χ1) is 8.04. The van der Waals surface area contributed by atoms with E-state index in [0.717, 1.165) is 10.6 Å². The number of rotatable bonds is 5. The lowest BCUT2D eigenvalue weighted by molar-refractivity contribution is -0.130. The molecule has 0 aromatic heterocycles. The van der Waals surface area contributed by atoms with Crippen molar-refractivity contribution in [2.45, 2.75) is 19.3 Å². The number of amides is 1. The van der Waals surface area contributed by atoms with E-state index in [2.05, 4.69) is 0 Å². The van der Waals surface area contributed by atoms with E-state index < -0.39 is 0 Å². The molecule has 0 aliphatic carbocycles. The highest BCUT2D eigenvalue weighted by molar-refractivity contribution is 5.75. The molecule has 0 heterocycles. The molecule has 0 bridgehead atoms. The number of ether oxygens (including phenoxy) is 1. The van der Waals surface area contributed by atoms with Gasteiger partial charge in [0.05, 0.1) is 7.11 Å². The number of methoxy groups -OCH3 is 1. The van der Waals surface area contributed by atoms with Crippen LogP contribution in [0.2, 0.25) is 0 Å². The predicted octanol–water partition coefficient (Wildman–Crippen LogP) is 1.49. The molecule has 0 saturated heterocycles. The van der Waals surface area contributed by atoms with Gasteiger partial charge in [0.15, 0.2) is 0 Å². The van der Waals surface area contributed by atoms with Gasteiger partial charge in [-0.3, -0.25) is 9.80 Å². The quantitative estimate of drug-likeness (QED) is 0.482. The first-order valence-corrected chi connectivity index (χ1v) is 5.38. The minimum Gasteiger partial charge on any atom is -0.496 e. The molecular formula is C12H17FN2O2. The highest BCUT2D eigenvalue weighted by Crippen LogP contribution is 2.21. The van der Waals surface area contributed by atoms with Crippen molar-refractivity contribution in [1.82, 2.24) is 5.01 Å². The molecule has 1 aromatic carbocycles. The van der Waals surface area contributed by atoms with Crippen molar-refractivity contribution in [1.29, 1.82) is 0 Å². The normalized spacial score (nSPS) is 10.1. The fourth-order valence-corrected chi connectivity index (χ4v) is 1.55. The van der Waals surface area contributed by atoms with Crippen LogP contribution in [-0.4, -0.2) is 25.1 Å². The summed E-state index contributed by atoms with van der Waals surface area (Å²) in [5.41, 5.74) is 0.764. The number of carbonyl (C=O) groups excluding carboxylic acids is 1. The summed E-state index contributed by atoms with van der Waals surface area (Å²) in [5, 5.41) is 1.06. The molecule has 2 N–H and O–H groups in total. The van der Waals surface area contributed by atoms with Crippen molar-refractivity contribution in [3.8, 4) is 5.75 Å². The Morgan fingerprint density at radius 2 is 2.24 bits per heavy atom. The molecule has 17 heavy (non-hydrogen) atoms. The Morgan fingerprint density at radius 3 is 2.82 bits per heavy atom. The summed E-state index contributed by atoms with van der Waals surface area (Å²) in [7, 11) is 3.04. The van der Waals surface area contributed by atoms with Gasteiger partial charge in [-0.05, 0) is 36.6 Å². The molecule has 0 atom stereocenters. The van der Waals surface area contributed by atoms with Gasteiger partial charge < -0.3 is 4.74 Å². The minimum absolute atomic E-state index is 0.139. The molecular weight excluding hydrogens is 223 g/mol. The monoisotopic (exact) mass is 240 g/mol. The van der Waals surface area contributed by atoms with Crippen LogP contribution in [0.3, 0.4) is 0 Å². The van der Waals surface area contributed by atoms with Crippen LogP contribution in [-0.2, 0) is 11.2 Å². The third-order valence-corrected chi connectivity index (χ3v) is 2.47. The molecule has 5 heteroatoms. The molecule has 0 aliphatic rings. The molecule has 0 saturated carbocycles. The Hall–Kier alpha value is -1.62. The highest BCUT2D eigenvalue weighted by atomic mass is 19.1. The van der Waals surface area contributed by atoms with Crippen LogP contribution in [0, 0.1) is 5.82 Å². The molecule has 0 aliphatic heterocycles. The summed E-state index contributed by atoms with van der Waals surface area (Å²) in [6, 6.07) is 4.36. The molecule has 4 nitrogen and oxygen atoms in total. The van der Waals surface area contributed by atoms with E-state index in [1.165, 1.54) is 26.3 Å². The minimum atomic E-state index is -0.303. The van der Waals surface area contributed by atoms with E-state index in [9.17, 15) is 9.18 Å². The molecule has 94 valence electrons. The number of hydrogen-bond acceptors (Lipinski definition) is 3. The number of halogens is 1. The number of carbonyl (C=O) groups is 1. The summed E-state index contributed by atoms with van der Waals surface area (Å²) < 4.78 is 18.2. The summed E-state index contributed by atoms with van der Waals surface area (Å²) in [6.45, 7) is 0. The lowest BCUT2D eigenvalue weighted by Crippen LogP contribution is -2.32. The second kappa shape index (κ2) is 6.20. The van der Waals surface area contributed by atoms with E-state index in [0.29, 0.717) is 25.0 Å². The summed E-state index contributed by atoms with van der Waals surface area (Å²) in [6.07, 6.45) is 1.54. The van der Waals surface area contributed by atoms with Crippen LogP contribution in [0.5, 0.6) is 5.75 Å². The zero-order chi connectivity index (χ0) is 12.8. The number of hydrogen-bond donors (Lipinski definition) is 1. The van der Waals surface area contributed by atoms with Crippen LogP contribution in [0.15, 0.2) is 18.2 Å². The predicted molar refractivity (Wildman–Crippen MR) is 62.8 cm³/mol. The topological polar surface area (TPSA) is 55.6 Å². The van der Waals surface area contributed by atoms with Crippen LogP contribution >= 0.6 is 0 Å². The van der Waals surface area contributed by atoms with Crippen LogP contribution in [0.1, 0.15) is 18.4 Å². The lowest BCUT2D eigenvalue weighted by Gasteiger charge is -2.11. The Kier molecular flexibility index (Phi) is 4.90. The SMILES string of the molecule is COc1ccc(F)cc1CCCC(=O)N(C)N. The standard InChI is InChI=1S/C12H17FN2O2/c1-15(14)12(16)5-3-4-9-8-10(13)6-7-11(9)17-2/h6-8H,3-5,14H2,1-2H3. The van der Waals surface area contributed by atoms with Gasteiger partial charge in [-0.1, -0.05) is 0 Å². The Bertz CT molecular complexity index is 394. The maximum Gasteiger partial charge on any atom is 0.236 e. The first kappa shape index (κ1) is 13.4. The second-order valence-corrected chi connectivity index (χ2v) is 3.81. The maximum atomic E-state index is 13.0. The third kappa shape index (κ3) is 4.03. The Labute approximate surface area is 100 Å². The van der Waals surface area contributed by atoms with Crippen molar-refractivity contribution >= 4 is 5.91 Å². The average Bonchev–Trinajstić information content (AvgIpc) is 2.29. The van der Waals surface area contributed by atoms with E-state index >= 15 is 0 Å². The molecule has 1 aromatic rings. The number of hydrazine groups is 1. The van der Waals surface area contributed by atoms with Crippen LogP contribution < -0.4 is 10.6 Å². The van der Waals surface area contributed by atoms with Gasteiger partial charge in [-0.2, -0.15) is 0 Å². The molecule has 0 spiro atoms. The first-order valence-electron chi connectivity index (χ1n) is 5.38. The van der Waals surface area contributed by atoms with Gasteiger partial charge in [0.25, 0.3) is 0 Å². The summed E-state index contributed by atoms with van der Waals surface area (Å²) in [5.74, 6) is 5.49. The van der Waals surface area contributed by atoms with Crippen LogP contribution in [0.4, 0.5) is 4.39 Å². The molecule has 1 rings (SSSR count). The smallest absolute Gasteiger partial charge is 0.236 e. The fraction of sp³-hybridized carbons (Fsp3) is 0.417. The largest absolute Gasteiger partial charge is 0.496 e. The highest BCUT2D eigenvalue weighted by Gasteiger charge is 2.07. The van der Waals surface area contributed by atoms with Crippen LogP contribution in [0.25, 0.3) is 0 Å². The Morgan fingerprint density at radius 1 is 1.53 bits per heavy atom. The van der Waals surface area contributed by atoms with Gasteiger partial charge >= 0.3 is 0 Å². The zero-order valence-corrected chi connectivity index (χ0v) is 10.1. The molecule has 0 unspecified atom stereocenters. The molecule has 0 fully saturated rings. The fourth-order valence-electron chi connectivity index (χ4n) is 1.55. The van der Waals surface area contributed by atoms with Crippen molar-refractivity contribution in [2.24, 2.45) is 5.84 Å². The number of nitrogens with two attached hydrogens (primary N) is 1.